The number of carbonyl (C=O) groups excluding carboxylic acids is 1. The predicted molar refractivity (Wildman–Crippen MR) is 88.0 cm³/mol. The van der Waals surface area contributed by atoms with Gasteiger partial charge < -0.3 is 9.26 Å². The zero-order valence-electron chi connectivity index (χ0n) is 11.7. The summed E-state index contributed by atoms with van der Waals surface area (Å²) in [5.41, 5.74) is 1.17. The molecule has 0 radical (unpaired) electrons. The Hall–Kier alpha value is -2.18. The molecule has 0 aliphatic carbocycles. The molecular formula is C16H10BrClN2O3. The average Bonchev–Trinajstić information content (AvgIpc) is 3.01. The van der Waals surface area contributed by atoms with Gasteiger partial charge in [0.25, 0.3) is 5.89 Å². The molecule has 0 aliphatic rings. The number of esters is 1. The standard InChI is InChI=1S/C16H10BrClN2O3/c17-12-5-1-3-10(7-12)15-19-14(23-20-15)9-22-16(21)11-4-2-6-13(18)8-11/h1-8H,9H2. The first kappa shape index (κ1) is 15.7. The maximum atomic E-state index is 11.9. The van der Waals surface area contributed by atoms with Gasteiger partial charge in [0, 0.05) is 15.1 Å². The summed E-state index contributed by atoms with van der Waals surface area (Å²) in [6.45, 7) is -0.105. The van der Waals surface area contributed by atoms with Gasteiger partial charge in [0.1, 0.15) is 0 Å². The van der Waals surface area contributed by atoms with Crippen LogP contribution in [0.4, 0.5) is 0 Å². The molecule has 0 unspecified atom stereocenters. The average molecular weight is 394 g/mol. The van der Waals surface area contributed by atoms with Gasteiger partial charge in [-0.2, -0.15) is 4.98 Å². The Morgan fingerprint density at radius 2 is 2.04 bits per heavy atom. The van der Waals surface area contributed by atoms with E-state index in [-0.39, 0.29) is 12.5 Å². The van der Waals surface area contributed by atoms with Crippen molar-refractivity contribution in [2.45, 2.75) is 6.61 Å². The van der Waals surface area contributed by atoms with Crippen LogP contribution in [0, 0.1) is 0 Å². The molecule has 116 valence electrons. The number of hydrogen-bond donors (Lipinski definition) is 0. The van der Waals surface area contributed by atoms with Crippen molar-refractivity contribution in [3.8, 4) is 11.4 Å². The van der Waals surface area contributed by atoms with Crippen LogP contribution < -0.4 is 0 Å². The Balaban J connectivity index is 1.67. The highest BCUT2D eigenvalue weighted by Crippen LogP contribution is 2.20. The van der Waals surface area contributed by atoms with Gasteiger partial charge in [-0.25, -0.2) is 4.79 Å². The van der Waals surface area contributed by atoms with Crippen LogP contribution in [0.5, 0.6) is 0 Å². The number of rotatable bonds is 4. The lowest BCUT2D eigenvalue weighted by Gasteiger charge is -2.01. The Labute approximate surface area is 145 Å². The second-order valence-electron chi connectivity index (χ2n) is 4.61. The first-order chi connectivity index (χ1) is 11.1. The fourth-order valence-corrected chi connectivity index (χ4v) is 2.47. The lowest BCUT2D eigenvalue weighted by Crippen LogP contribution is -2.05. The van der Waals surface area contributed by atoms with Crippen LogP contribution in [0.1, 0.15) is 16.2 Å². The molecule has 3 aromatic rings. The number of hydrogen-bond acceptors (Lipinski definition) is 5. The molecule has 7 heteroatoms. The van der Waals surface area contributed by atoms with Gasteiger partial charge >= 0.3 is 5.97 Å². The molecule has 0 bridgehead atoms. The first-order valence-corrected chi connectivity index (χ1v) is 7.80. The van der Waals surface area contributed by atoms with Gasteiger partial charge in [-0.05, 0) is 30.3 Å². The molecule has 0 atom stereocenters. The highest BCUT2D eigenvalue weighted by atomic mass is 79.9. The Kier molecular flexibility index (Phi) is 4.73. The van der Waals surface area contributed by atoms with Gasteiger partial charge in [0.15, 0.2) is 6.61 Å². The van der Waals surface area contributed by atoms with Gasteiger partial charge in [-0.1, -0.05) is 50.9 Å². The lowest BCUT2D eigenvalue weighted by molar-refractivity contribution is 0.0430. The van der Waals surface area contributed by atoms with Crippen molar-refractivity contribution in [2.75, 3.05) is 0 Å². The summed E-state index contributed by atoms with van der Waals surface area (Å²) < 4.78 is 11.1. The molecule has 2 aromatic carbocycles. The fourth-order valence-electron chi connectivity index (χ4n) is 1.88. The predicted octanol–water partition coefficient (Wildman–Crippen LogP) is 4.51. The number of carbonyl (C=O) groups is 1. The summed E-state index contributed by atoms with van der Waals surface area (Å²) in [6, 6.07) is 14.0. The minimum atomic E-state index is -0.505. The maximum absolute atomic E-state index is 11.9. The molecular weight excluding hydrogens is 384 g/mol. The SMILES string of the molecule is O=C(OCc1nc(-c2cccc(Br)c2)no1)c1cccc(Cl)c1. The van der Waals surface area contributed by atoms with Crippen LogP contribution >= 0.6 is 27.5 Å². The minimum Gasteiger partial charge on any atom is -0.452 e. The number of ether oxygens (including phenoxy) is 1. The van der Waals surface area contributed by atoms with Crippen molar-refractivity contribution in [2.24, 2.45) is 0 Å². The quantitative estimate of drug-likeness (QED) is 0.610. The largest absolute Gasteiger partial charge is 0.452 e. The van der Waals surface area contributed by atoms with E-state index in [1.807, 2.05) is 24.3 Å². The molecule has 1 aromatic heterocycles. The zero-order valence-corrected chi connectivity index (χ0v) is 14.0. The fraction of sp³-hybridized carbons (Fsp3) is 0.0625. The molecule has 3 rings (SSSR count). The Bertz CT molecular complexity index is 851. The number of aromatic nitrogens is 2. The van der Waals surface area contributed by atoms with E-state index < -0.39 is 5.97 Å². The smallest absolute Gasteiger partial charge is 0.338 e. The molecule has 0 fully saturated rings. The van der Waals surface area contributed by atoms with E-state index in [9.17, 15) is 4.79 Å². The number of nitrogens with zero attached hydrogens (tertiary/aromatic N) is 2. The van der Waals surface area contributed by atoms with Crippen molar-refractivity contribution >= 4 is 33.5 Å². The molecule has 0 spiro atoms. The van der Waals surface area contributed by atoms with E-state index in [1.54, 1.807) is 18.2 Å². The van der Waals surface area contributed by atoms with Gasteiger partial charge in [0.2, 0.25) is 5.82 Å². The highest BCUT2D eigenvalue weighted by molar-refractivity contribution is 9.10. The Morgan fingerprint density at radius 1 is 1.22 bits per heavy atom. The summed E-state index contributed by atoms with van der Waals surface area (Å²) in [4.78, 5) is 16.1. The van der Waals surface area contributed by atoms with Crippen LogP contribution in [-0.4, -0.2) is 16.1 Å². The van der Waals surface area contributed by atoms with Gasteiger partial charge in [-0.3, -0.25) is 0 Å². The molecule has 23 heavy (non-hydrogen) atoms. The normalized spacial score (nSPS) is 10.5. The third kappa shape index (κ3) is 3.97. The summed E-state index contributed by atoms with van der Waals surface area (Å²) in [6.07, 6.45) is 0. The monoisotopic (exact) mass is 392 g/mol. The molecule has 0 amide bonds. The van der Waals surface area contributed by atoms with E-state index in [2.05, 4.69) is 26.1 Å². The summed E-state index contributed by atoms with van der Waals surface area (Å²) >= 11 is 9.22. The van der Waals surface area contributed by atoms with Crippen molar-refractivity contribution < 1.29 is 14.1 Å². The maximum Gasteiger partial charge on any atom is 0.338 e. The molecule has 1 heterocycles. The molecule has 0 aliphatic heterocycles. The zero-order chi connectivity index (χ0) is 16.2. The number of halogens is 2. The topological polar surface area (TPSA) is 65.2 Å². The van der Waals surface area contributed by atoms with Gasteiger partial charge in [0.05, 0.1) is 5.56 Å². The molecule has 0 saturated heterocycles. The highest BCUT2D eigenvalue weighted by Gasteiger charge is 2.13. The van der Waals surface area contributed by atoms with Crippen molar-refractivity contribution in [1.82, 2.24) is 10.1 Å². The summed E-state index contributed by atoms with van der Waals surface area (Å²) in [5.74, 6) is 0.144. The molecule has 5 nitrogen and oxygen atoms in total. The summed E-state index contributed by atoms with van der Waals surface area (Å²) in [7, 11) is 0. The van der Waals surface area contributed by atoms with Crippen LogP contribution in [-0.2, 0) is 11.3 Å². The Morgan fingerprint density at radius 3 is 2.83 bits per heavy atom. The van der Waals surface area contributed by atoms with Crippen molar-refractivity contribution in [3.05, 3.63) is 69.5 Å². The second kappa shape index (κ2) is 6.93. The lowest BCUT2D eigenvalue weighted by atomic mass is 10.2. The van der Waals surface area contributed by atoms with E-state index in [1.165, 1.54) is 6.07 Å². The van der Waals surface area contributed by atoms with Crippen molar-refractivity contribution in [1.29, 1.82) is 0 Å². The second-order valence-corrected chi connectivity index (χ2v) is 5.96. The van der Waals surface area contributed by atoms with Crippen molar-refractivity contribution in [3.63, 3.8) is 0 Å². The third-order valence-electron chi connectivity index (χ3n) is 2.94. The van der Waals surface area contributed by atoms with E-state index in [0.717, 1.165) is 10.0 Å². The molecule has 0 N–H and O–H groups in total. The first-order valence-electron chi connectivity index (χ1n) is 6.63. The van der Waals surface area contributed by atoms with Crippen LogP contribution in [0.2, 0.25) is 5.02 Å². The van der Waals surface area contributed by atoms with E-state index in [0.29, 0.717) is 16.4 Å². The minimum absolute atomic E-state index is 0.105. The van der Waals surface area contributed by atoms with E-state index in [4.69, 9.17) is 20.9 Å². The van der Waals surface area contributed by atoms with Crippen LogP contribution in [0.3, 0.4) is 0 Å². The third-order valence-corrected chi connectivity index (χ3v) is 3.67. The number of benzene rings is 2. The van der Waals surface area contributed by atoms with Crippen LogP contribution in [0.15, 0.2) is 57.5 Å². The van der Waals surface area contributed by atoms with Gasteiger partial charge in [-0.15, -0.1) is 0 Å². The van der Waals surface area contributed by atoms with Crippen LogP contribution in [0.25, 0.3) is 11.4 Å². The summed E-state index contributed by atoms with van der Waals surface area (Å²) in [5, 5.41) is 4.34. The van der Waals surface area contributed by atoms with E-state index >= 15 is 0 Å². The molecule has 0 saturated carbocycles.